The van der Waals surface area contributed by atoms with Crippen molar-refractivity contribution in [3.05, 3.63) is 54.1 Å². The van der Waals surface area contributed by atoms with Crippen LogP contribution in [0.4, 0.5) is 0 Å². The topological polar surface area (TPSA) is 73.9 Å². The Morgan fingerprint density at radius 1 is 1.11 bits per heavy atom. The Morgan fingerprint density at radius 2 is 1.85 bits per heavy atom. The highest BCUT2D eigenvalue weighted by atomic mass is 16.6. The monoisotopic (exact) mass is 369 g/mol. The van der Waals surface area contributed by atoms with Crippen LogP contribution in [0.3, 0.4) is 0 Å². The van der Waals surface area contributed by atoms with E-state index in [0.29, 0.717) is 49.7 Å². The van der Waals surface area contributed by atoms with Gasteiger partial charge in [-0.1, -0.05) is 12.1 Å². The van der Waals surface area contributed by atoms with Gasteiger partial charge >= 0.3 is 0 Å². The molecule has 1 unspecified atom stereocenters. The van der Waals surface area contributed by atoms with E-state index in [1.54, 1.807) is 24.3 Å². The van der Waals surface area contributed by atoms with E-state index in [9.17, 15) is 9.59 Å². The average Bonchev–Trinajstić information content (AvgIpc) is 2.70. The smallest absolute Gasteiger partial charge is 0.220 e. The second-order valence-electron chi connectivity index (χ2n) is 6.33. The predicted octanol–water partition coefficient (Wildman–Crippen LogP) is 3.00. The molecule has 27 heavy (non-hydrogen) atoms. The molecular weight excluding hydrogens is 346 g/mol. The number of benzene rings is 2. The van der Waals surface area contributed by atoms with E-state index in [4.69, 9.17) is 14.2 Å². The molecule has 3 rings (SSSR count). The number of hydrogen-bond acceptors (Lipinski definition) is 5. The Balaban J connectivity index is 1.31. The number of Topliss-reactive ketones (excluding diaryl/α,β-unsaturated/α-hetero) is 1. The lowest BCUT2D eigenvalue weighted by atomic mass is 10.1. The minimum atomic E-state index is -0.195. The molecule has 0 saturated heterocycles. The van der Waals surface area contributed by atoms with Crippen molar-refractivity contribution in [1.82, 2.24) is 5.32 Å². The standard InChI is InChI=1S/C21H23NO5/c1-15(23)16-8-10-17(11-9-16)25-12-4-7-21(24)22-13-18-14-26-19-5-2-3-6-20(19)27-18/h2-3,5-6,8-11,18H,4,7,12-14H2,1H3,(H,22,24). The summed E-state index contributed by atoms with van der Waals surface area (Å²) in [7, 11) is 0. The fourth-order valence-electron chi connectivity index (χ4n) is 2.69. The van der Waals surface area contributed by atoms with Crippen LogP contribution in [0.25, 0.3) is 0 Å². The summed E-state index contributed by atoms with van der Waals surface area (Å²) in [6, 6.07) is 14.5. The maximum atomic E-state index is 12.0. The van der Waals surface area contributed by atoms with Crippen LogP contribution in [0.2, 0.25) is 0 Å². The molecule has 0 aromatic heterocycles. The molecule has 1 amide bonds. The summed E-state index contributed by atoms with van der Waals surface area (Å²) < 4.78 is 17.0. The van der Waals surface area contributed by atoms with Crippen molar-refractivity contribution < 1.29 is 23.8 Å². The lowest BCUT2D eigenvalue weighted by Gasteiger charge is -2.26. The molecule has 0 bridgehead atoms. The molecule has 6 nitrogen and oxygen atoms in total. The van der Waals surface area contributed by atoms with E-state index in [1.165, 1.54) is 6.92 Å². The van der Waals surface area contributed by atoms with Crippen LogP contribution in [0.5, 0.6) is 17.2 Å². The lowest BCUT2D eigenvalue weighted by Crippen LogP contribution is -2.40. The van der Waals surface area contributed by atoms with Gasteiger partial charge in [0.1, 0.15) is 18.5 Å². The number of ether oxygens (including phenoxy) is 3. The van der Waals surface area contributed by atoms with Crippen LogP contribution in [-0.4, -0.2) is 37.6 Å². The van der Waals surface area contributed by atoms with Crippen LogP contribution in [0.15, 0.2) is 48.5 Å². The number of hydrogen-bond donors (Lipinski definition) is 1. The van der Waals surface area contributed by atoms with Crippen molar-refractivity contribution in [2.24, 2.45) is 0 Å². The number of rotatable bonds is 8. The van der Waals surface area contributed by atoms with Crippen molar-refractivity contribution in [3.8, 4) is 17.2 Å². The second-order valence-corrected chi connectivity index (χ2v) is 6.33. The summed E-state index contributed by atoms with van der Waals surface area (Å²) in [5.41, 5.74) is 0.651. The number of carbonyl (C=O) groups is 2. The molecule has 2 aromatic rings. The molecule has 0 saturated carbocycles. The molecular formula is C21H23NO5. The maximum Gasteiger partial charge on any atom is 0.220 e. The molecule has 0 spiro atoms. The summed E-state index contributed by atoms with van der Waals surface area (Å²) in [5.74, 6) is 2.09. The summed E-state index contributed by atoms with van der Waals surface area (Å²) in [4.78, 5) is 23.2. The van der Waals surface area contributed by atoms with Gasteiger partial charge in [0.2, 0.25) is 5.91 Å². The number of carbonyl (C=O) groups excluding carboxylic acids is 2. The first-order chi connectivity index (χ1) is 13.1. The average molecular weight is 369 g/mol. The van der Waals surface area contributed by atoms with Crippen molar-refractivity contribution in [2.45, 2.75) is 25.9 Å². The summed E-state index contributed by atoms with van der Waals surface area (Å²) in [6.45, 7) is 2.78. The molecule has 1 atom stereocenters. The summed E-state index contributed by atoms with van der Waals surface area (Å²) in [5, 5.41) is 2.86. The zero-order chi connectivity index (χ0) is 19.1. The molecule has 6 heteroatoms. The fourth-order valence-corrected chi connectivity index (χ4v) is 2.69. The van der Waals surface area contributed by atoms with Crippen molar-refractivity contribution in [3.63, 3.8) is 0 Å². The molecule has 0 radical (unpaired) electrons. The third kappa shape index (κ3) is 5.48. The Hall–Kier alpha value is -3.02. The fraction of sp³-hybridized carbons (Fsp3) is 0.333. The lowest BCUT2D eigenvalue weighted by molar-refractivity contribution is -0.121. The van der Waals surface area contributed by atoms with Crippen LogP contribution in [0, 0.1) is 0 Å². The Morgan fingerprint density at radius 3 is 2.59 bits per heavy atom. The zero-order valence-corrected chi connectivity index (χ0v) is 15.3. The van der Waals surface area contributed by atoms with Crippen molar-refractivity contribution >= 4 is 11.7 Å². The predicted molar refractivity (Wildman–Crippen MR) is 101 cm³/mol. The molecule has 0 aliphatic carbocycles. The normalized spacial score (nSPS) is 15.1. The van der Waals surface area contributed by atoms with Crippen LogP contribution < -0.4 is 19.5 Å². The van der Waals surface area contributed by atoms with Gasteiger partial charge in [0.15, 0.2) is 17.3 Å². The van der Waals surface area contributed by atoms with Crippen LogP contribution in [0.1, 0.15) is 30.1 Å². The van der Waals surface area contributed by atoms with Gasteiger partial charge in [0.05, 0.1) is 13.2 Å². The number of para-hydroxylation sites is 2. The molecule has 1 aliphatic rings. The minimum Gasteiger partial charge on any atom is -0.494 e. The van der Waals surface area contributed by atoms with Crippen LogP contribution in [-0.2, 0) is 4.79 Å². The molecule has 1 aliphatic heterocycles. The molecule has 0 fully saturated rings. The summed E-state index contributed by atoms with van der Waals surface area (Å²) in [6.07, 6.45) is 0.779. The van der Waals surface area contributed by atoms with E-state index < -0.39 is 0 Å². The van der Waals surface area contributed by atoms with E-state index in [0.717, 1.165) is 5.75 Å². The Bertz CT molecular complexity index is 787. The first-order valence-corrected chi connectivity index (χ1v) is 9.01. The van der Waals surface area contributed by atoms with Gasteiger partial charge in [-0.15, -0.1) is 0 Å². The largest absolute Gasteiger partial charge is 0.494 e. The van der Waals surface area contributed by atoms with Crippen molar-refractivity contribution in [1.29, 1.82) is 0 Å². The second kappa shape index (κ2) is 9.07. The van der Waals surface area contributed by atoms with E-state index >= 15 is 0 Å². The van der Waals surface area contributed by atoms with Crippen LogP contribution >= 0.6 is 0 Å². The molecule has 142 valence electrons. The highest BCUT2D eigenvalue weighted by molar-refractivity contribution is 5.94. The Kier molecular flexibility index (Phi) is 6.30. The molecule has 1 heterocycles. The maximum absolute atomic E-state index is 12.0. The number of fused-ring (bicyclic) bond motifs is 1. The van der Waals surface area contributed by atoms with Gasteiger partial charge in [-0.25, -0.2) is 0 Å². The number of nitrogens with one attached hydrogen (secondary N) is 1. The van der Waals surface area contributed by atoms with Gasteiger partial charge in [-0.3, -0.25) is 9.59 Å². The molecule has 2 aromatic carbocycles. The highest BCUT2D eigenvalue weighted by Gasteiger charge is 2.20. The third-order valence-electron chi connectivity index (χ3n) is 4.17. The first kappa shape index (κ1) is 18.8. The van der Waals surface area contributed by atoms with Gasteiger partial charge in [-0.2, -0.15) is 0 Å². The third-order valence-corrected chi connectivity index (χ3v) is 4.17. The van der Waals surface area contributed by atoms with E-state index in [-0.39, 0.29) is 17.8 Å². The zero-order valence-electron chi connectivity index (χ0n) is 15.3. The quantitative estimate of drug-likeness (QED) is 0.572. The van der Waals surface area contributed by atoms with Gasteiger partial charge in [0, 0.05) is 12.0 Å². The number of ketones is 1. The minimum absolute atomic E-state index is 0.0223. The highest BCUT2D eigenvalue weighted by Crippen LogP contribution is 2.30. The van der Waals surface area contributed by atoms with E-state index in [1.807, 2.05) is 24.3 Å². The first-order valence-electron chi connectivity index (χ1n) is 9.01. The van der Waals surface area contributed by atoms with Crippen molar-refractivity contribution in [2.75, 3.05) is 19.8 Å². The van der Waals surface area contributed by atoms with Gasteiger partial charge < -0.3 is 19.5 Å². The van der Waals surface area contributed by atoms with Gasteiger partial charge in [-0.05, 0) is 49.7 Å². The molecule has 1 N–H and O–H groups in total. The van der Waals surface area contributed by atoms with Gasteiger partial charge in [0.25, 0.3) is 0 Å². The van der Waals surface area contributed by atoms with E-state index in [2.05, 4.69) is 5.32 Å². The summed E-state index contributed by atoms with van der Waals surface area (Å²) >= 11 is 0. The number of amides is 1. The Labute approximate surface area is 158 Å². The SMILES string of the molecule is CC(=O)c1ccc(OCCCC(=O)NCC2COc3ccccc3O2)cc1.